The third-order valence-corrected chi connectivity index (χ3v) is 3.62. The number of guanidine groups is 1. The van der Waals surface area contributed by atoms with Gasteiger partial charge in [0.05, 0.1) is 0 Å². The lowest BCUT2D eigenvalue weighted by atomic mass is 10.1. The van der Waals surface area contributed by atoms with Crippen LogP contribution in [0.25, 0.3) is 0 Å². The fraction of sp³-hybridized carbons (Fsp3) is 0.316. The van der Waals surface area contributed by atoms with Crippen LogP contribution in [0.1, 0.15) is 12.0 Å². The Balaban J connectivity index is 0.00000312. The summed E-state index contributed by atoms with van der Waals surface area (Å²) in [5, 5.41) is 9.83. The fourth-order valence-corrected chi connectivity index (χ4v) is 2.32. The van der Waals surface area contributed by atoms with Crippen LogP contribution < -0.4 is 16.0 Å². The highest BCUT2D eigenvalue weighted by molar-refractivity contribution is 14.0. The fourth-order valence-electron chi connectivity index (χ4n) is 2.32. The Bertz CT molecular complexity index is 634. The van der Waals surface area contributed by atoms with Crippen LogP contribution in [0.3, 0.4) is 0 Å². The molecule has 0 radical (unpaired) electrons. The number of benzene rings is 2. The minimum Gasteiger partial charge on any atom is -0.385 e. The molecule has 2 rings (SSSR count). The molecule has 0 atom stereocenters. The standard InChI is InChI=1S/C19H25FN4.HI/c1-21-19(24-15-12-16-8-5-6-11-18(16)20)23-14-7-13-22-17-9-3-2-4-10-17;/h2-6,8-11,22H,7,12-15H2,1H3,(H2,21,23,24);1H. The maximum absolute atomic E-state index is 13.5. The van der Waals surface area contributed by atoms with Gasteiger partial charge in [-0.2, -0.15) is 0 Å². The number of para-hydroxylation sites is 1. The Morgan fingerprint density at radius 3 is 2.32 bits per heavy atom. The maximum atomic E-state index is 13.5. The summed E-state index contributed by atoms with van der Waals surface area (Å²) < 4.78 is 13.5. The second-order valence-electron chi connectivity index (χ2n) is 5.41. The van der Waals surface area contributed by atoms with Gasteiger partial charge in [0.15, 0.2) is 5.96 Å². The largest absolute Gasteiger partial charge is 0.385 e. The van der Waals surface area contributed by atoms with E-state index in [1.165, 1.54) is 6.07 Å². The molecule has 0 saturated carbocycles. The zero-order chi connectivity index (χ0) is 17.0. The maximum Gasteiger partial charge on any atom is 0.190 e. The van der Waals surface area contributed by atoms with Gasteiger partial charge in [-0.15, -0.1) is 24.0 Å². The first-order chi connectivity index (χ1) is 11.8. The van der Waals surface area contributed by atoms with Crippen molar-refractivity contribution in [1.82, 2.24) is 10.6 Å². The summed E-state index contributed by atoms with van der Waals surface area (Å²) in [6, 6.07) is 17.0. The zero-order valence-electron chi connectivity index (χ0n) is 14.5. The highest BCUT2D eigenvalue weighted by Crippen LogP contribution is 2.06. The van der Waals surface area contributed by atoms with Gasteiger partial charge < -0.3 is 16.0 Å². The van der Waals surface area contributed by atoms with E-state index in [0.29, 0.717) is 18.5 Å². The van der Waals surface area contributed by atoms with Crippen molar-refractivity contribution >= 4 is 35.6 Å². The van der Waals surface area contributed by atoms with Gasteiger partial charge in [-0.1, -0.05) is 36.4 Å². The highest BCUT2D eigenvalue weighted by atomic mass is 127. The molecule has 0 aliphatic rings. The van der Waals surface area contributed by atoms with Crippen LogP contribution in [0.5, 0.6) is 0 Å². The van der Waals surface area contributed by atoms with Crippen LogP contribution in [-0.4, -0.2) is 32.6 Å². The van der Waals surface area contributed by atoms with E-state index >= 15 is 0 Å². The molecule has 0 unspecified atom stereocenters. The van der Waals surface area contributed by atoms with Crippen LogP contribution in [0.4, 0.5) is 10.1 Å². The quantitative estimate of drug-likeness (QED) is 0.246. The van der Waals surface area contributed by atoms with Crippen LogP contribution in [0, 0.1) is 5.82 Å². The van der Waals surface area contributed by atoms with E-state index < -0.39 is 0 Å². The van der Waals surface area contributed by atoms with Crippen molar-refractivity contribution in [3.63, 3.8) is 0 Å². The van der Waals surface area contributed by atoms with Crippen molar-refractivity contribution in [2.45, 2.75) is 12.8 Å². The summed E-state index contributed by atoms with van der Waals surface area (Å²) in [6.45, 7) is 2.35. The number of halogens is 2. The summed E-state index contributed by atoms with van der Waals surface area (Å²) in [6.07, 6.45) is 1.60. The number of rotatable bonds is 8. The third-order valence-electron chi connectivity index (χ3n) is 3.62. The summed E-state index contributed by atoms with van der Waals surface area (Å²) in [5.41, 5.74) is 1.84. The molecule has 6 heteroatoms. The smallest absolute Gasteiger partial charge is 0.190 e. The lowest BCUT2D eigenvalue weighted by Gasteiger charge is -2.12. The molecule has 136 valence electrons. The van der Waals surface area contributed by atoms with E-state index in [9.17, 15) is 4.39 Å². The van der Waals surface area contributed by atoms with Gasteiger partial charge >= 0.3 is 0 Å². The van der Waals surface area contributed by atoms with Gasteiger partial charge in [0.2, 0.25) is 0 Å². The Labute approximate surface area is 166 Å². The van der Waals surface area contributed by atoms with Crippen molar-refractivity contribution in [2.24, 2.45) is 4.99 Å². The van der Waals surface area contributed by atoms with E-state index in [2.05, 4.69) is 33.1 Å². The lowest BCUT2D eigenvalue weighted by Crippen LogP contribution is -2.39. The molecule has 25 heavy (non-hydrogen) atoms. The number of hydrogen-bond donors (Lipinski definition) is 3. The lowest BCUT2D eigenvalue weighted by molar-refractivity contribution is 0.606. The summed E-state index contributed by atoms with van der Waals surface area (Å²) in [4.78, 5) is 4.18. The Morgan fingerprint density at radius 2 is 1.60 bits per heavy atom. The van der Waals surface area contributed by atoms with E-state index in [1.807, 2.05) is 30.3 Å². The van der Waals surface area contributed by atoms with Crippen LogP contribution in [-0.2, 0) is 6.42 Å². The normalized spacial score (nSPS) is 10.7. The SMILES string of the molecule is CN=C(NCCCNc1ccccc1)NCCc1ccccc1F.I. The average molecular weight is 456 g/mol. The van der Waals surface area contributed by atoms with Crippen molar-refractivity contribution < 1.29 is 4.39 Å². The number of nitrogens with one attached hydrogen (secondary N) is 3. The molecule has 0 aliphatic carbocycles. The molecule has 0 fully saturated rings. The number of anilines is 1. The van der Waals surface area contributed by atoms with Gasteiger partial charge in [0.25, 0.3) is 0 Å². The molecular formula is C19H26FIN4. The molecule has 2 aromatic carbocycles. The van der Waals surface area contributed by atoms with E-state index in [1.54, 1.807) is 13.1 Å². The average Bonchev–Trinajstić information content (AvgIpc) is 2.62. The van der Waals surface area contributed by atoms with E-state index in [-0.39, 0.29) is 29.8 Å². The van der Waals surface area contributed by atoms with Crippen LogP contribution >= 0.6 is 24.0 Å². The first-order valence-electron chi connectivity index (χ1n) is 8.26. The molecule has 3 N–H and O–H groups in total. The van der Waals surface area contributed by atoms with Gasteiger partial charge in [-0.25, -0.2) is 4.39 Å². The number of hydrogen-bond acceptors (Lipinski definition) is 2. The predicted octanol–water partition coefficient (Wildman–Crippen LogP) is 3.65. The highest BCUT2D eigenvalue weighted by Gasteiger charge is 2.01. The molecule has 0 heterocycles. The Kier molecular flexibility index (Phi) is 10.6. The van der Waals surface area contributed by atoms with Crippen LogP contribution in [0.2, 0.25) is 0 Å². The topological polar surface area (TPSA) is 48.5 Å². The third kappa shape index (κ3) is 8.20. The zero-order valence-corrected chi connectivity index (χ0v) is 16.8. The first kappa shape index (κ1) is 21.2. The number of nitrogens with zero attached hydrogens (tertiary/aromatic N) is 1. The second-order valence-corrected chi connectivity index (χ2v) is 5.41. The molecule has 0 aromatic heterocycles. The molecule has 0 spiro atoms. The minimum atomic E-state index is -0.158. The minimum absolute atomic E-state index is 0. The molecular weight excluding hydrogens is 430 g/mol. The van der Waals surface area contributed by atoms with E-state index in [4.69, 9.17) is 0 Å². The van der Waals surface area contributed by atoms with Gasteiger partial charge in [0.1, 0.15) is 5.82 Å². The summed E-state index contributed by atoms with van der Waals surface area (Å²) in [7, 11) is 1.74. The molecule has 4 nitrogen and oxygen atoms in total. The Hall–Kier alpha value is -1.83. The van der Waals surface area contributed by atoms with Crippen LogP contribution in [0.15, 0.2) is 59.6 Å². The van der Waals surface area contributed by atoms with Gasteiger partial charge in [0, 0.05) is 32.4 Å². The molecule has 0 bridgehead atoms. The summed E-state index contributed by atoms with van der Waals surface area (Å²) >= 11 is 0. The molecule has 2 aromatic rings. The molecule has 0 saturated heterocycles. The molecule has 0 aliphatic heterocycles. The van der Waals surface area contributed by atoms with E-state index in [0.717, 1.165) is 31.2 Å². The van der Waals surface area contributed by atoms with Crippen molar-refractivity contribution in [1.29, 1.82) is 0 Å². The first-order valence-corrected chi connectivity index (χ1v) is 8.26. The van der Waals surface area contributed by atoms with Gasteiger partial charge in [-0.05, 0) is 36.6 Å². The number of aliphatic imine (C=N–C) groups is 1. The van der Waals surface area contributed by atoms with Gasteiger partial charge in [-0.3, -0.25) is 4.99 Å². The van der Waals surface area contributed by atoms with Crippen molar-refractivity contribution in [2.75, 3.05) is 32.0 Å². The van der Waals surface area contributed by atoms with Crippen molar-refractivity contribution in [3.05, 3.63) is 66.0 Å². The Morgan fingerprint density at radius 1 is 0.920 bits per heavy atom. The van der Waals surface area contributed by atoms with Crippen molar-refractivity contribution in [3.8, 4) is 0 Å². The molecule has 0 amide bonds. The summed E-state index contributed by atoms with van der Waals surface area (Å²) in [5.74, 6) is 0.584. The predicted molar refractivity (Wildman–Crippen MR) is 114 cm³/mol. The monoisotopic (exact) mass is 456 g/mol. The second kappa shape index (κ2) is 12.5.